The molecule has 3 rings (SSSR count). The Hall–Kier alpha value is -4.52. The summed E-state index contributed by atoms with van der Waals surface area (Å²) in [7, 11) is 0. The van der Waals surface area contributed by atoms with Crippen molar-refractivity contribution in [1.29, 1.82) is 0 Å². The molecule has 15 nitrogen and oxygen atoms in total. The summed E-state index contributed by atoms with van der Waals surface area (Å²) in [6, 6.07) is 4.33. The maximum atomic E-state index is 13.5. The van der Waals surface area contributed by atoms with Crippen molar-refractivity contribution in [1.82, 2.24) is 5.32 Å². The predicted octanol–water partition coefficient (Wildman–Crippen LogP) is 2.07. The van der Waals surface area contributed by atoms with Crippen molar-refractivity contribution in [2.45, 2.75) is 116 Å². The van der Waals surface area contributed by atoms with E-state index in [1.165, 1.54) is 18.2 Å². The maximum absolute atomic E-state index is 13.5. The zero-order valence-electron chi connectivity index (χ0n) is 28.7. The Morgan fingerprint density at radius 1 is 0.900 bits per heavy atom. The number of amides is 1. The van der Waals surface area contributed by atoms with Gasteiger partial charge in [0.1, 0.15) is 31.2 Å². The van der Waals surface area contributed by atoms with E-state index in [4.69, 9.17) is 33.2 Å². The number of ketones is 1. The number of carbonyl (C=O) groups excluding carboxylic acids is 6. The van der Waals surface area contributed by atoms with E-state index in [1.54, 1.807) is 0 Å². The second kappa shape index (κ2) is 20.2. The highest BCUT2D eigenvalue weighted by molar-refractivity contribution is 5.98. The minimum absolute atomic E-state index is 0.0287. The smallest absolute Gasteiger partial charge is 0.303 e. The van der Waals surface area contributed by atoms with E-state index in [2.05, 4.69) is 17.2 Å². The van der Waals surface area contributed by atoms with Gasteiger partial charge in [-0.25, -0.2) is 0 Å². The lowest BCUT2D eigenvalue weighted by Crippen LogP contribution is -2.63. The summed E-state index contributed by atoms with van der Waals surface area (Å²) in [4.78, 5) is 73.8. The number of hydrogen-bond acceptors (Lipinski definition) is 14. The highest BCUT2D eigenvalue weighted by Gasteiger charge is 2.53. The third kappa shape index (κ3) is 13.1. The zero-order chi connectivity index (χ0) is 36.6. The SMILES string of the molecule is CC(=O)OC[C@H]1O[C@@H](Oc2ccc(CO)cc2C(=O)CCCNC(=O)COC2C#CCCCCC2)[C@H](OC(C)=O)[C@@H](OC(C)=O)[C@@H]1OC(C)=O. The van der Waals surface area contributed by atoms with E-state index >= 15 is 0 Å². The average molecular weight is 704 g/mol. The summed E-state index contributed by atoms with van der Waals surface area (Å²) in [5, 5.41) is 12.5. The van der Waals surface area contributed by atoms with Crippen LogP contribution >= 0.6 is 0 Å². The first-order valence-corrected chi connectivity index (χ1v) is 16.5. The van der Waals surface area contributed by atoms with Gasteiger partial charge in [-0.05, 0) is 43.4 Å². The third-order valence-corrected chi connectivity index (χ3v) is 7.57. The van der Waals surface area contributed by atoms with Crippen LogP contribution in [-0.4, -0.2) is 97.2 Å². The third-order valence-electron chi connectivity index (χ3n) is 7.57. The Bertz CT molecular complexity index is 1430. The van der Waals surface area contributed by atoms with Gasteiger partial charge in [-0.1, -0.05) is 18.4 Å². The molecule has 2 aliphatic rings. The number of nitrogens with one attached hydrogen (secondary N) is 1. The Labute approximate surface area is 290 Å². The van der Waals surface area contributed by atoms with Crippen molar-refractivity contribution >= 4 is 35.6 Å². The molecule has 1 unspecified atom stereocenters. The van der Waals surface area contributed by atoms with E-state index in [0.29, 0.717) is 5.56 Å². The molecule has 274 valence electrons. The number of benzene rings is 1. The normalized spacial score (nSPS) is 23.1. The molecule has 0 bridgehead atoms. The van der Waals surface area contributed by atoms with Gasteiger partial charge in [-0.3, -0.25) is 28.8 Å². The molecule has 0 saturated carbocycles. The van der Waals surface area contributed by atoms with Crippen molar-refractivity contribution in [3.63, 3.8) is 0 Å². The van der Waals surface area contributed by atoms with E-state index in [0.717, 1.165) is 59.8 Å². The van der Waals surface area contributed by atoms with Crippen LogP contribution in [-0.2, 0) is 59.0 Å². The van der Waals surface area contributed by atoms with Crippen LogP contribution in [0.2, 0.25) is 0 Å². The summed E-state index contributed by atoms with van der Waals surface area (Å²) in [6.45, 7) is 3.62. The number of ether oxygens (including phenoxy) is 7. The van der Waals surface area contributed by atoms with Gasteiger partial charge in [0.2, 0.25) is 18.3 Å². The molecule has 1 aromatic rings. The molecule has 50 heavy (non-hydrogen) atoms. The van der Waals surface area contributed by atoms with Crippen molar-refractivity contribution < 1.29 is 67.0 Å². The molecule has 1 heterocycles. The fraction of sp³-hybridized carbons (Fsp3) is 0.600. The highest BCUT2D eigenvalue weighted by Crippen LogP contribution is 2.33. The molecule has 1 aliphatic carbocycles. The molecule has 0 spiro atoms. The quantitative estimate of drug-likeness (QED) is 0.0834. The second-order valence-electron chi connectivity index (χ2n) is 11.8. The van der Waals surface area contributed by atoms with Crippen LogP contribution in [0, 0.1) is 11.8 Å². The summed E-state index contributed by atoms with van der Waals surface area (Å²) in [5.41, 5.74) is 0.437. The van der Waals surface area contributed by atoms with E-state index in [1.807, 2.05) is 0 Å². The maximum Gasteiger partial charge on any atom is 0.303 e. The van der Waals surface area contributed by atoms with Crippen LogP contribution < -0.4 is 10.1 Å². The van der Waals surface area contributed by atoms with Crippen molar-refractivity contribution in [3.8, 4) is 17.6 Å². The Morgan fingerprint density at radius 3 is 2.28 bits per heavy atom. The van der Waals surface area contributed by atoms with E-state index in [-0.39, 0.29) is 55.9 Å². The lowest BCUT2D eigenvalue weighted by atomic mass is 9.97. The number of esters is 4. The number of hydrogen-bond donors (Lipinski definition) is 2. The predicted molar refractivity (Wildman–Crippen MR) is 172 cm³/mol. The zero-order valence-corrected chi connectivity index (χ0v) is 28.7. The summed E-state index contributed by atoms with van der Waals surface area (Å²) >= 11 is 0. The largest absolute Gasteiger partial charge is 0.463 e. The highest BCUT2D eigenvalue weighted by atomic mass is 16.7. The molecule has 6 atom stereocenters. The molecule has 2 N–H and O–H groups in total. The minimum atomic E-state index is -1.57. The number of Topliss-reactive ketones (excluding diaryl/α,β-unsaturated/α-hetero) is 1. The van der Waals surface area contributed by atoms with Gasteiger partial charge in [-0.2, -0.15) is 0 Å². The van der Waals surface area contributed by atoms with Crippen LogP contribution in [0.4, 0.5) is 0 Å². The number of aliphatic hydroxyl groups is 1. The van der Waals surface area contributed by atoms with Gasteiger partial charge in [0.05, 0.1) is 12.2 Å². The molecular formula is C35H45NO14. The van der Waals surface area contributed by atoms with Crippen LogP contribution in [0.15, 0.2) is 18.2 Å². The molecule has 1 amide bonds. The fourth-order valence-corrected chi connectivity index (χ4v) is 5.35. The summed E-state index contributed by atoms with van der Waals surface area (Å²) < 4.78 is 39.1. The van der Waals surface area contributed by atoms with Crippen molar-refractivity contribution in [2.75, 3.05) is 19.8 Å². The lowest BCUT2D eigenvalue weighted by molar-refractivity contribution is -0.288. The second-order valence-corrected chi connectivity index (χ2v) is 11.8. The van der Waals surface area contributed by atoms with Gasteiger partial charge in [0, 0.05) is 47.1 Å². The van der Waals surface area contributed by atoms with Gasteiger partial charge < -0.3 is 43.6 Å². The fourth-order valence-electron chi connectivity index (χ4n) is 5.35. The van der Waals surface area contributed by atoms with Crippen LogP contribution in [0.3, 0.4) is 0 Å². The van der Waals surface area contributed by atoms with Crippen LogP contribution in [0.5, 0.6) is 5.75 Å². The lowest BCUT2D eigenvalue weighted by Gasteiger charge is -2.44. The van der Waals surface area contributed by atoms with E-state index < -0.39 is 67.0 Å². The van der Waals surface area contributed by atoms with Crippen LogP contribution in [0.1, 0.15) is 88.6 Å². The molecule has 1 saturated heterocycles. The molecular weight excluding hydrogens is 658 g/mol. The van der Waals surface area contributed by atoms with Crippen molar-refractivity contribution in [3.05, 3.63) is 29.3 Å². The first-order chi connectivity index (χ1) is 23.9. The number of aliphatic hydroxyl groups excluding tert-OH is 1. The Kier molecular flexibility index (Phi) is 16.1. The van der Waals surface area contributed by atoms with Gasteiger partial charge in [0.15, 0.2) is 18.0 Å². The first kappa shape index (κ1) is 39.9. The molecule has 15 heteroatoms. The van der Waals surface area contributed by atoms with Crippen LogP contribution in [0.25, 0.3) is 0 Å². The minimum Gasteiger partial charge on any atom is -0.463 e. The topological polar surface area (TPSA) is 199 Å². The molecule has 1 aromatic carbocycles. The van der Waals surface area contributed by atoms with E-state index in [9.17, 15) is 33.9 Å². The first-order valence-electron chi connectivity index (χ1n) is 16.5. The van der Waals surface area contributed by atoms with Gasteiger partial charge in [-0.15, -0.1) is 5.92 Å². The number of rotatable bonds is 16. The molecule has 0 radical (unpaired) electrons. The average Bonchev–Trinajstić information content (AvgIpc) is 3.03. The van der Waals surface area contributed by atoms with Gasteiger partial charge >= 0.3 is 23.9 Å². The molecule has 0 aromatic heterocycles. The Morgan fingerprint density at radius 2 is 1.60 bits per heavy atom. The molecule has 1 aliphatic heterocycles. The van der Waals surface area contributed by atoms with Crippen molar-refractivity contribution in [2.24, 2.45) is 0 Å². The Balaban J connectivity index is 1.77. The number of carbonyl (C=O) groups is 6. The molecule has 1 fully saturated rings. The van der Waals surface area contributed by atoms with Gasteiger partial charge in [0.25, 0.3) is 0 Å². The summed E-state index contributed by atoms with van der Waals surface area (Å²) in [5.74, 6) is 2.23. The monoisotopic (exact) mass is 703 g/mol. The summed E-state index contributed by atoms with van der Waals surface area (Å²) in [6.07, 6.45) is -2.55. The standard InChI is InChI=1S/C35H45NO14/c1-21(38)44-19-30-32(46-22(2)39)33(47-23(3)40)34(48-24(4)41)35(50-30)49-29-15-14-25(18-37)17-27(29)28(42)13-10-16-36-31(43)20-45-26-11-8-6-5-7-9-12-26/h14-15,17,26,30,32-35,37H,5-8,10-11,13,16,18-20H2,1-4H3,(H,36,43)/t26?,30-,32-,33+,34-,35-/m1/s1.